The fourth-order valence-electron chi connectivity index (χ4n) is 2.18. The maximum atomic E-state index is 11.4. The van der Waals surface area contributed by atoms with Crippen molar-refractivity contribution < 1.29 is 0 Å². The van der Waals surface area contributed by atoms with Gasteiger partial charge in [0.05, 0.1) is 0 Å². The lowest BCUT2D eigenvalue weighted by molar-refractivity contribution is 0.244. The highest BCUT2D eigenvalue weighted by Gasteiger charge is 2.11. The van der Waals surface area contributed by atoms with Crippen molar-refractivity contribution in [2.45, 2.75) is 32.9 Å². The molecule has 0 amide bonds. The summed E-state index contributed by atoms with van der Waals surface area (Å²) in [6, 6.07) is 4.52. The number of imidazole rings is 1. The number of aromatic amines is 1. The van der Waals surface area contributed by atoms with Gasteiger partial charge in [-0.25, -0.2) is 4.79 Å². The van der Waals surface area contributed by atoms with E-state index < -0.39 is 0 Å². The number of pyridine rings is 1. The first-order valence-electron chi connectivity index (χ1n) is 6.92. The van der Waals surface area contributed by atoms with Gasteiger partial charge in [0.1, 0.15) is 0 Å². The fraction of sp³-hybridized carbons (Fsp3) is 0.467. The molecule has 0 saturated heterocycles. The van der Waals surface area contributed by atoms with E-state index in [4.69, 9.17) is 0 Å². The summed E-state index contributed by atoms with van der Waals surface area (Å²) in [6.45, 7) is 5.80. The maximum absolute atomic E-state index is 11.4. The molecule has 5 heteroatoms. The molecule has 5 nitrogen and oxygen atoms in total. The van der Waals surface area contributed by atoms with Gasteiger partial charge in [-0.1, -0.05) is 0 Å². The fourth-order valence-corrected chi connectivity index (χ4v) is 2.18. The van der Waals surface area contributed by atoms with E-state index in [1.807, 2.05) is 12.3 Å². The van der Waals surface area contributed by atoms with Gasteiger partial charge in [0.2, 0.25) is 0 Å². The molecule has 0 unspecified atom stereocenters. The highest BCUT2D eigenvalue weighted by molar-refractivity contribution is 5.15. The molecule has 0 aliphatic carbocycles. The lowest BCUT2D eigenvalue weighted by Gasteiger charge is -2.24. The molecule has 2 rings (SSSR count). The summed E-state index contributed by atoms with van der Waals surface area (Å²) in [4.78, 5) is 20.7. The smallest absolute Gasteiger partial charge is 0.313 e. The summed E-state index contributed by atoms with van der Waals surface area (Å²) in [5.74, 6) is 0. The van der Waals surface area contributed by atoms with E-state index in [0.29, 0.717) is 12.6 Å². The zero-order valence-electron chi connectivity index (χ0n) is 12.3. The molecule has 2 heterocycles. The molecule has 2 aromatic heterocycles. The molecule has 0 aromatic carbocycles. The summed E-state index contributed by atoms with van der Waals surface area (Å²) in [7, 11) is 2.08. The van der Waals surface area contributed by atoms with Crippen LogP contribution in [0.5, 0.6) is 0 Å². The molecule has 20 heavy (non-hydrogen) atoms. The van der Waals surface area contributed by atoms with Gasteiger partial charge in [0.25, 0.3) is 0 Å². The molecule has 1 N–H and O–H groups in total. The molecule has 2 aromatic rings. The van der Waals surface area contributed by atoms with Crippen LogP contribution in [-0.4, -0.2) is 39.1 Å². The molecule has 0 bridgehead atoms. The van der Waals surface area contributed by atoms with Crippen molar-refractivity contribution in [1.29, 1.82) is 0 Å². The second-order valence-corrected chi connectivity index (χ2v) is 5.32. The van der Waals surface area contributed by atoms with Crippen molar-refractivity contribution in [3.8, 4) is 0 Å². The number of nitrogens with one attached hydrogen (secondary N) is 1. The Balaban J connectivity index is 1.87. The average molecular weight is 274 g/mol. The van der Waals surface area contributed by atoms with Gasteiger partial charge in [-0.05, 0) is 38.6 Å². The van der Waals surface area contributed by atoms with Crippen LogP contribution in [0.1, 0.15) is 18.2 Å². The summed E-state index contributed by atoms with van der Waals surface area (Å²) in [5, 5.41) is 0. The Hall–Kier alpha value is -1.88. The van der Waals surface area contributed by atoms with Crippen molar-refractivity contribution in [1.82, 2.24) is 19.4 Å². The topological polar surface area (TPSA) is 53.9 Å². The number of H-pyrrole nitrogens is 1. The van der Waals surface area contributed by atoms with Gasteiger partial charge in [-0.3, -0.25) is 9.55 Å². The van der Waals surface area contributed by atoms with E-state index in [1.54, 1.807) is 17.0 Å². The standard InChI is InChI=1S/C15H22N4O/c1-12-4-5-16-14(10-12)11-13(2)18(3)8-9-19-7-6-17-15(19)20/h4-7,10,13H,8-9,11H2,1-3H3,(H,17,20)/t13-/m0/s1. The predicted molar refractivity (Wildman–Crippen MR) is 79.8 cm³/mol. The Morgan fingerprint density at radius 3 is 2.95 bits per heavy atom. The van der Waals surface area contributed by atoms with Crippen LogP contribution in [0.3, 0.4) is 0 Å². The minimum Gasteiger partial charge on any atom is -0.313 e. The van der Waals surface area contributed by atoms with Crippen LogP contribution >= 0.6 is 0 Å². The number of likely N-dealkylation sites (N-methyl/N-ethyl adjacent to an activating group) is 1. The zero-order chi connectivity index (χ0) is 14.5. The normalized spacial score (nSPS) is 12.8. The SMILES string of the molecule is Cc1ccnc(C[C@H](C)N(C)CCn2cc[nH]c2=O)c1. The Bertz CT molecular complexity index is 602. The van der Waals surface area contributed by atoms with Crippen molar-refractivity contribution in [3.63, 3.8) is 0 Å². The van der Waals surface area contributed by atoms with Crippen LogP contribution in [0.15, 0.2) is 35.5 Å². The van der Waals surface area contributed by atoms with E-state index in [0.717, 1.165) is 18.7 Å². The minimum atomic E-state index is -0.0496. The van der Waals surface area contributed by atoms with Crippen LogP contribution in [0.4, 0.5) is 0 Å². The van der Waals surface area contributed by atoms with Gasteiger partial charge >= 0.3 is 5.69 Å². The van der Waals surface area contributed by atoms with Gasteiger partial charge in [-0.15, -0.1) is 0 Å². The Labute approximate surface area is 119 Å². The van der Waals surface area contributed by atoms with E-state index in [2.05, 4.69) is 41.8 Å². The second-order valence-electron chi connectivity index (χ2n) is 5.32. The molecule has 0 radical (unpaired) electrons. The van der Waals surface area contributed by atoms with E-state index >= 15 is 0 Å². The van der Waals surface area contributed by atoms with Crippen LogP contribution in [0.2, 0.25) is 0 Å². The van der Waals surface area contributed by atoms with Gasteiger partial charge < -0.3 is 9.88 Å². The molecule has 0 fully saturated rings. The Kier molecular flexibility index (Phi) is 4.74. The molecule has 0 aliphatic rings. The minimum absolute atomic E-state index is 0.0496. The summed E-state index contributed by atoms with van der Waals surface area (Å²) in [6.07, 6.45) is 6.22. The monoisotopic (exact) mass is 274 g/mol. The highest BCUT2D eigenvalue weighted by Crippen LogP contribution is 2.07. The number of aryl methyl sites for hydroxylation is 1. The number of hydrogen-bond acceptors (Lipinski definition) is 3. The highest BCUT2D eigenvalue weighted by atomic mass is 16.1. The number of nitrogens with zero attached hydrogens (tertiary/aromatic N) is 3. The molecular formula is C15H22N4O. The van der Waals surface area contributed by atoms with Crippen LogP contribution in [-0.2, 0) is 13.0 Å². The first-order valence-corrected chi connectivity index (χ1v) is 6.92. The summed E-state index contributed by atoms with van der Waals surface area (Å²) >= 11 is 0. The van der Waals surface area contributed by atoms with Crippen molar-refractivity contribution in [3.05, 3.63) is 52.5 Å². The average Bonchev–Trinajstić information content (AvgIpc) is 2.81. The maximum Gasteiger partial charge on any atom is 0.325 e. The molecule has 0 spiro atoms. The summed E-state index contributed by atoms with van der Waals surface area (Å²) in [5.41, 5.74) is 2.30. The van der Waals surface area contributed by atoms with Crippen molar-refractivity contribution >= 4 is 0 Å². The third-order valence-electron chi connectivity index (χ3n) is 3.64. The second kappa shape index (κ2) is 6.52. The van der Waals surface area contributed by atoms with Crippen molar-refractivity contribution in [2.24, 2.45) is 0 Å². The number of rotatable bonds is 6. The first-order chi connectivity index (χ1) is 9.56. The van der Waals surface area contributed by atoms with Crippen molar-refractivity contribution in [2.75, 3.05) is 13.6 Å². The van der Waals surface area contributed by atoms with Crippen LogP contribution < -0.4 is 5.69 Å². The van der Waals surface area contributed by atoms with Gasteiger partial charge in [-0.2, -0.15) is 0 Å². The lowest BCUT2D eigenvalue weighted by Crippen LogP contribution is -2.35. The Morgan fingerprint density at radius 2 is 2.30 bits per heavy atom. The van der Waals surface area contributed by atoms with Crippen LogP contribution in [0.25, 0.3) is 0 Å². The van der Waals surface area contributed by atoms with Gasteiger partial charge in [0, 0.05) is 49.8 Å². The van der Waals surface area contributed by atoms with Crippen LogP contribution in [0, 0.1) is 6.92 Å². The Morgan fingerprint density at radius 1 is 1.50 bits per heavy atom. The third kappa shape index (κ3) is 3.81. The zero-order valence-corrected chi connectivity index (χ0v) is 12.3. The molecule has 108 valence electrons. The van der Waals surface area contributed by atoms with E-state index in [9.17, 15) is 4.79 Å². The summed E-state index contributed by atoms with van der Waals surface area (Å²) < 4.78 is 1.69. The van der Waals surface area contributed by atoms with E-state index in [-0.39, 0.29) is 5.69 Å². The number of hydrogen-bond donors (Lipinski definition) is 1. The van der Waals surface area contributed by atoms with E-state index in [1.165, 1.54) is 5.56 Å². The largest absolute Gasteiger partial charge is 0.325 e. The molecule has 0 saturated carbocycles. The first kappa shape index (κ1) is 14.5. The molecular weight excluding hydrogens is 252 g/mol. The molecule has 1 atom stereocenters. The van der Waals surface area contributed by atoms with Gasteiger partial charge in [0.15, 0.2) is 0 Å². The lowest BCUT2D eigenvalue weighted by atomic mass is 10.1. The quantitative estimate of drug-likeness (QED) is 0.867. The predicted octanol–water partition coefficient (Wildman–Crippen LogP) is 1.44. The third-order valence-corrected chi connectivity index (χ3v) is 3.64. The molecule has 0 aliphatic heterocycles. The number of aromatic nitrogens is 3.